The molecule has 0 bridgehead atoms. The normalized spacial score (nSPS) is 15.5. The number of aromatic nitrogens is 2. The average molecular weight is 452 g/mol. The molecule has 1 fully saturated rings. The van der Waals surface area contributed by atoms with Crippen LogP contribution in [0.25, 0.3) is 10.2 Å². The lowest BCUT2D eigenvalue weighted by Crippen LogP contribution is -2.50. The number of carbonyl (C=O) groups excluding carboxylic acids is 1. The van der Waals surface area contributed by atoms with Crippen LogP contribution in [0.5, 0.6) is 0 Å². The summed E-state index contributed by atoms with van der Waals surface area (Å²) < 4.78 is 14.0. The van der Waals surface area contributed by atoms with Crippen molar-refractivity contribution in [1.29, 1.82) is 0 Å². The molecule has 1 unspecified atom stereocenters. The molecule has 11 heteroatoms. The van der Waals surface area contributed by atoms with Gasteiger partial charge >= 0.3 is 6.03 Å². The Kier molecular flexibility index (Phi) is 6.00. The van der Waals surface area contributed by atoms with E-state index < -0.39 is 12.7 Å². The SMILES string of the molecule is O=C(Nc1nc2ccc(F)cc2s1)N1CCN(c2ncc(C(O)CO)cc2Cl)CC1. The maximum absolute atomic E-state index is 13.3. The molecule has 3 heterocycles. The van der Waals surface area contributed by atoms with Crippen LogP contribution in [0.1, 0.15) is 11.7 Å². The third kappa shape index (κ3) is 4.31. The summed E-state index contributed by atoms with van der Waals surface area (Å²) >= 11 is 7.52. The monoisotopic (exact) mass is 451 g/mol. The topological polar surface area (TPSA) is 102 Å². The van der Waals surface area contributed by atoms with Crippen molar-refractivity contribution in [2.45, 2.75) is 6.10 Å². The number of nitrogens with zero attached hydrogens (tertiary/aromatic N) is 4. The Morgan fingerprint density at radius 2 is 2.07 bits per heavy atom. The van der Waals surface area contributed by atoms with E-state index in [9.17, 15) is 14.3 Å². The number of fused-ring (bicyclic) bond motifs is 1. The third-order valence-electron chi connectivity index (χ3n) is 4.83. The first kappa shape index (κ1) is 20.7. The van der Waals surface area contributed by atoms with E-state index in [2.05, 4.69) is 15.3 Å². The Labute approximate surface area is 180 Å². The molecule has 2 amide bonds. The molecule has 3 N–H and O–H groups in total. The molecule has 1 atom stereocenters. The maximum atomic E-state index is 13.3. The minimum Gasteiger partial charge on any atom is -0.393 e. The van der Waals surface area contributed by atoms with Gasteiger partial charge in [-0.3, -0.25) is 5.32 Å². The second kappa shape index (κ2) is 8.68. The van der Waals surface area contributed by atoms with Crippen LogP contribution in [0.15, 0.2) is 30.5 Å². The van der Waals surface area contributed by atoms with Crippen molar-refractivity contribution in [3.8, 4) is 0 Å². The summed E-state index contributed by atoms with van der Waals surface area (Å²) in [5.74, 6) is 0.227. The number of anilines is 2. The molecule has 1 saturated heterocycles. The highest BCUT2D eigenvalue weighted by molar-refractivity contribution is 7.22. The van der Waals surface area contributed by atoms with Gasteiger partial charge in [-0.1, -0.05) is 22.9 Å². The van der Waals surface area contributed by atoms with Gasteiger partial charge in [0.2, 0.25) is 0 Å². The van der Waals surface area contributed by atoms with E-state index in [0.717, 1.165) is 0 Å². The predicted octanol–water partition coefficient (Wildman–Crippen LogP) is 2.86. The molecule has 1 aliphatic rings. The Morgan fingerprint density at radius 3 is 2.77 bits per heavy atom. The van der Waals surface area contributed by atoms with Gasteiger partial charge in [0.05, 0.1) is 21.8 Å². The minimum atomic E-state index is -1.02. The van der Waals surface area contributed by atoms with Crippen molar-refractivity contribution in [3.05, 3.63) is 46.9 Å². The summed E-state index contributed by atoms with van der Waals surface area (Å²) in [7, 11) is 0. The quantitative estimate of drug-likeness (QED) is 0.563. The van der Waals surface area contributed by atoms with Gasteiger partial charge in [-0.15, -0.1) is 0 Å². The van der Waals surface area contributed by atoms with Crippen LogP contribution in [-0.4, -0.2) is 63.9 Å². The van der Waals surface area contributed by atoms with E-state index >= 15 is 0 Å². The number of aliphatic hydroxyl groups excluding tert-OH is 2. The number of hydrogen-bond donors (Lipinski definition) is 3. The fraction of sp³-hybridized carbons (Fsp3) is 0.316. The number of rotatable bonds is 4. The number of pyridine rings is 1. The summed E-state index contributed by atoms with van der Waals surface area (Å²) in [6, 6.07) is 5.62. The lowest BCUT2D eigenvalue weighted by Gasteiger charge is -2.35. The second-order valence-corrected chi connectivity index (χ2v) is 8.25. The van der Waals surface area contributed by atoms with Gasteiger partial charge in [0.25, 0.3) is 0 Å². The smallest absolute Gasteiger partial charge is 0.323 e. The number of hydrogen-bond acceptors (Lipinski definition) is 7. The first-order chi connectivity index (χ1) is 14.4. The van der Waals surface area contributed by atoms with Crippen molar-refractivity contribution >= 4 is 50.1 Å². The highest BCUT2D eigenvalue weighted by atomic mass is 35.5. The Morgan fingerprint density at radius 1 is 1.30 bits per heavy atom. The highest BCUT2D eigenvalue weighted by Gasteiger charge is 2.24. The Hall–Kier alpha value is -2.53. The molecule has 1 aliphatic heterocycles. The Bertz CT molecular complexity index is 1070. The van der Waals surface area contributed by atoms with Crippen molar-refractivity contribution in [2.24, 2.45) is 0 Å². The molecule has 2 aromatic heterocycles. The number of amides is 2. The molecule has 158 valence electrons. The van der Waals surface area contributed by atoms with E-state index in [0.29, 0.717) is 57.9 Å². The standard InChI is InChI=1S/C19H19ClFN5O3S/c20-13-7-11(15(28)10-27)9-22-17(13)25-3-5-26(6-4-25)19(29)24-18-23-14-2-1-12(21)8-16(14)30-18/h1-2,7-9,15,27-28H,3-6,10H2,(H,23,24,29). The number of carbonyl (C=O) groups is 1. The number of benzene rings is 1. The molecule has 0 saturated carbocycles. The summed E-state index contributed by atoms with van der Waals surface area (Å²) in [4.78, 5) is 24.8. The zero-order valence-corrected chi connectivity index (χ0v) is 17.3. The zero-order chi connectivity index (χ0) is 21.3. The van der Waals surface area contributed by atoms with Gasteiger partial charge in [-0.25, -0.2) is 19.2 Å². The van der Waals surface area contributed by atoms with Crippen LogP contribution >= 0.6 is 22.9 Å². The molecule has 4 rings (SSSR count). The average Bonchev–Trinajstić information content (AvgIpc) is 3.14. The van der Waals surface area contributed by atoms with Gasteiger partial charge < -0.3 is 20.0 Å². The van der Waals surface area contributed by atoms with E-state index in [1.807, 2.05) is 4.90 Å². The molecule has 0 aliphatic carbocycles. The van der Waals surface area contributed by atoms with Gasteiger partial charge in [0, 0.05) is 37.9 Å². The molecule has 30 heavy (non-hydrogen) atoms. The van der Waals surface area contributed by atoms with Crippen LogP contribution in [0.2, 0.25) is 5.02 Å². The van der Waals surface area contributed by atoms with Crippen LogP contribution in [0.4, 0.5) is 20.1 Å². The van der Waals surface area contributed by atoms with Crippen LogP contribution in [-0.2, 0) is 0 Å². The maximum Gasteiger partial charge on any atom is 0.323 e. The van der Waals surface area contributed by atoms with Crippen molar-refractivity contribution in [3.63, 3.8) is 0 Å². The fourth-order valence-electron chi connectivity index (χ4n) is 3.21. The van der Waals surface area contributed by atoms with Gasteiger partial charge in [0.15, 0.2) is 5.13 Å². The van der Waals surface area contributed by atoms with Crippen LogP contribution < -0.4 is 10.2 Å². The van der Waals surface area contributed by atoms with E-state index in [1.54, 1.807) is 17.0 Å². The molecule has 0 spiro atoms. The molecular weight excluding hydrogens is 433 g/mol. The van der Waals surface area contributed by atoms with Crippen molar-refractivity contribution in [1.82, 2.24) is 14.9 Å². The summed E-state index contributed by atoms with van der Waals surface area (Å²) in [6.45, 7) is 1.59. The fourth-order valence-corrected chi connectivity index (χ4v) is 4.38. The second-order valence-electron chi connectivity index (χ2n) is 6.81. The molecular formula is C19H19ClFN5O3S. The van der Waals surface area contributed by atoms with E-state index in [4.69, 9.17) is 16.7 Å². The van der Waals surface area contributed by atoms with Crippen molar-refractivity contribution < 1.29 is 19.4 Å². The molecule has 3 aromatic rings. The predicted molar refractivity (Wildman–Crippen MR) is 114 cm³/mol. The lowest BCUT2D eigenvalue weighted by molar-refractivity contribution is 0.0953. The summed E-state index contributed by atoms with van der Waals surface area (Å²) in [6.07, 6.45) is 0.459. The summed E-state index contributed by atoms with van der Waals surface area (Å²) in [5, 5.41) is 22.3. The van der Waals surface area contributed by atoms with Crippen LogP contribution in [0.3, 0.4) is 0 Å². The number of nitrogens with one attached hydrogen (secondary N) is 1. The van der Waals surface area contributed by atoms with Gasteiger partial charge in [0.1, 0.15) is 17.7 Å². The zero-order valence-electron chi connectivity index (χ0n) is 15.8. The largest absolute Gasteiger partial charge is 0.393 e. The molecule has 8 nitrogen and oxygen atoms in total. The van der Waals surface area contributed by atoms with Crippen molar-refractivity contribution in [2.75, 3.05) is 43.0 Å². The molecule has 1 aromatic carbocycles. The van der Waals surface area contributed by atoms with E-state index in [-0.39, 0.29) is 11.8 Å². The number of halogens is 2. The van der Waals surface area contributed by atoms with E-state index in [1.165, 1.54) is 29.7 Å². The Balaban J connectivity index is 1.37. The summed E-state index contributed by atoms with van der Waals surface area (Å²) in [5.41, 5.74) is 1.08. The minimum absolute atomic E-state index is 0.269. The number of piperazine rings is 1. The number of urea groups is 1. The van der Waals surface area contributed by atoms with Crippen LogP contribution in [0, 0.1) is 5.82 Å². The van der Waals surface area contributed by atoms with Gasteiger partial charge in [-0.2, -0.15) is 0 Å². The number of aliphatic hydroxyl groups is 2. The lowest BCUT2D eigenvalue weighted by atomic mass is 10.1. The highest BCUT2D eigenvalue weighted by Crippen LogP contribution is 2.28. The van der Waals surface area contributed by atoms with Gasteiger partial charge in [-0.05, 0) is 24.3 Å². The third-order valence-corrected chi connectivity index (χ3v) is 6.04. The first-order valence-electron chi connectivity index (χ1n) is 9.26. The first-order valence-corrected chi connectivity index (χ1v) is 10.5. The number of thiazole rings is 1. The molecule has 0 radical (unpaired) electrons.